The summed E-state index contributed by atoms with van der Waals surface area (Å²) in [6, 6.07) is 13.7. The number of nitrogens with one attached hydrogen (secondary N) is 1. The van der Waals surface area contributed by atoms with Crippen molar-refractivity contribution in [2.75, 3.05) is 39.3 Å². The van der Waals surface area contributed by atoms with Crippen LogP contribution in [0.1, 0.15) is 23.2 Å². The van der Waals surface area contributed by atoms with Crippen molar-refractivity contribution in [3.63, 3.8) is 0 Å². The Balaban J connectivity index is 1.38. The molecule has 2 aromatic heterocycles. The highest BCUT2D eigenvalue weighted by Crippen LogP contribution is 2.25. The van der Waals surface area contributed by atoms with Crippen LogP contribution in [0.4, 0.5) is 0 Å². The number of fused-ring (bicyclic) bond motifs is 1. The fourth-order valence-electron chi connectivity index (χ4n) is 4.54. The predicted octanol–water partition coefficient (Wildman–Crippen LogP) is 1.82. The topological polar surface area (TPSA) is 59.8 Å². The Morgan fingerprint density at radius 1 is 1.17 bits per heavy atom. The summed E-state index contributed by atoms with van der Waals surface area (Å²) in [7, 11) is 0. The monoisotopic (exact) mass is 403 g/mol. The van der Waals surface area contributed by atoms with Crippen LogP contribution in [0.25, 0.3) is 22.2 Å². The summed E-state index contributed by atoms with van der Waals surface area (Å²) < 4.78 is 5.79. The van der Waals surface area contributed by atoms with Gasteiger partial charge in [-0.05, 0) is 37.1 Å². The first-order valence-corrected chi connectivity index (χ1v) is 10.8. The van der Waals surface area contributed by atoms with Gasteiger partial charge < -0.3 is 14.5 Å². The molecule has 0 saturated carbocycles. The quantitative estimate of drug-likeness (QED) is 0.722. The van der Waals surface area contributed by atoms with E-state index in [1.165, 1.54) is 12.8 Å². The van der Waals surface area contributed by atoms with Crippen LogP contribution in [0.5, 0.6) is 0 Å². The van der Waals surface area contributed by atoms with Crippen molar-refractivity contribution in [1.82, 2.24) is 14.9 Å². The molecule has 0 aliphatic carbocycles. The molecule has 2 saturated heterocycles. The summed E-state index contributed by atoms with van der Waals surface area (Å²) in [6.07, 6.45) is 6.28. The molecule has 1 amide bonds. The van der Waals surface area contributed by atoms with Gasteiger partial charge in [0.1, 0.15) is 12.6 Å². The fraction of sp³-hybridized carbons (Fsp3) is 0.375. The fourth-order valence-corrected chi connectivity index (χ4v) is 4.54. The van der Waals surface area contributed by atoms with E-state index in [0.29, 0.717) is 6.10 Å². The van der Waals surface area contributed by atoms with Gasteiger partial charge in [0.25, 0.3) is 5.91 Å². The number of hydrogen-bond donors (Lipinski definition) is 1. The molecular formula is C24H27N4O2+. The SMILES string of the molecule is O=C(c1cc(-c2cccnc2)nc2ccccc12)N1CC[NH+](C[C@@H]2CCCO2)CC1. The first-order chi connectivity index (χ1) is 14.8. The number of ether oxygens (including phenoxy) is 1. The zero-order valence-electron chi connectivity index (χ0n) is 17.1. The second-order valence-corrected chi connectivity index (χ2v) is 8.20. The zero-order valence-corrected chi connectivity index (χ0v) is 17.1. The van der Waals surface area contributed by atoms with E-state index in [1.54, 1.807) is 17.3 Å². The summed E-state index contributed by atoms with van der Waals surface area (Å²) >= 11 is 0. The van der Waals surface area contributed by atoms with E-state index in [2.05, 4.69) is 4.98 Å². The molecule has 2 aliphatic rings. The normalized spacial score (nSPS) is 20.0. The van der Waals surface area contributed by atoms with Gasteiger partial charge >= 0.3 is 0 Å². The largest absolute Gasteiger partial charge is 0.372 e. The van der Waals surface area contributed by atoms with Crippen LogP contribution >= 0.6 is 0 Å². The van der Waals surface area contributed by atoms with E-state index < -0.39 is 0 Å². The van der Waals surface area contributed by atoms with Crippen LogP contribution in [0.15, 0.2) is 54.9 Å². The summed E-state index contributed by atoms with van der Waals surface area (Å²) in [5.74, 6) is 0.0925. The third kappa shape index (κ3) is 3.93. The highest BCUT2D eigenvalue weighted by Gasteiger charge is 2.29. The minimum atomic E-state index is 0.0925. The molecule has 1 aromatic carbocycles. The van der Waals surface area contributed by atoms with Crippen LogP contribution in [0, 0.1) is 0 Å². The number of quaternary nitrogens is 1. The van der Waals surface area contributed by atoms with Gasteiger partial charge in [-0.15, -0.1) is 0 Å². The maximum atomic E-state index is 13.5. The number of aromatic nitrogens is 2. The van der Waals surface area contributed by atoms with Crippen molar-refractivity contribution in [2.24, 2.45) is 0 Å². The molecule has 0 unspecified atom stereocenters. The average Bonchev–Trinajstić information content (AvgIpc) is 3.32. The Bertz CT molecular complexity index is 1030. The molecule has 2 fully saturated rings. The van der Waals surface area contributed by atoms with Gasteiger partial charge in [-0.25, -0.2) is 4.98 Å². The van der Waals surface area contributed by atoms with E-state index in [0.717, 1.165) is 67.1 Å². The molecule has 3 aromatic rings. The number of nitrogens with zero attached hydrogens (tertiary/aromatic N) is 3. The number of carbonyl (C=O) groups excluding carboxylic acids is 1. The van der Waals surface area contributed by atoms with Crippen molar-refractivity contribution < 1.29 is 14.4 Å². The van der Waals surface area contributed by atoms with Crippen LogP contribution < -0.4 is 4.90 Å². The van der Waals surface area contributed by atoms with E-state index in [4.69, 9.17) is 9.72 Å². The van der Waals surface area contributed by atoms with E-state index >= 15 is 0 Å². The highest BCUT2D eigenvalue weighted by molar-refractivity contribution is 6.07. The van der Waals surface area contributed by atoms with Gasteiger partial charge in [-0.2, -0.15) is 0 Å². The van der Waals surface area contributed by atoms with Crippen LogP contribution in [-0.4, -0.2) is 66.2 Å². The Labute approximate surface area is 176 Å². The number of amides is 1. The number of rotatable bonds is 4. The lowest BCUT2D eigenvalue weighted by Crippen LogP contribution is -3.15. The van der Waals surface area contributed by atoms with Crippen LogP contribution in [-0.2, 0) is 4.74 Å². The Kier molecular flexibility index (Phi) is 5.43. The van der Waals surface area contributed by atoms with Crippen molar-refractivity contribution in [3.8, 4) is 11.3 Å². The lowest BCUT2D eigenvalue weighted by atomic mass is 10.0. The summed E-state index contributed by atoms with van der Waals surface area (Å²) in [6.45, 7) is 5.47. The summed E-state index contributed by atoms with van der Waals surface area (Å²) in [5, 5.41) is 0.907. The summed E-state index contributed by atoms with van der Waals surface area (Å²) in [4.78, 5) is 26.0. The molecule has 6 nitrogen and oxygen atoms in total. The number of hydrogen-bond acceptors (Lipinski definition) is 4. The molecule has 4 heterocycles. The van der Waals surface area contributed by atoms with Crippen molar-refractivity contribution in [3.05, 3.63) is 60.4 Å². The molecule has 154 valence electrons. The summed E-state index contributed by atoms with van der Waals surface area (Å²) in [5.41, 5.74) is 3.27. The van der Waals surface area contributed by atoms with Gasteiger partial charge in [0.15, 0.2) is 0 Å². The lowest BCUT2D eigenvalue weighted by molar-refractivity contribution is -0.906. The third-order valence-corrected chi connectivity index (χ3v) is 6.20. The zero-order chi connectivity index (χ0) is 20.3. The Morgan fingerprint density at radius 3 is 2.80 bits per heavy atom. The smallest absolute Gasteiger partial charge is 0.255 e. The molecule has 1 N–H and O–H groups in total. The van der Waals surface area contributed by atoms with Crippen molar-refractivity contribution >= 4 is 16.8 Å². The van der Waals surface area contributed by atoms with E-state index in [-0.39, 0.29) is 5.91 Å². The molecule has 0 radical (unpaired) electrons. The maximum absolute atomic E-state index is 13.5. The second kappa shape index (κ2) is 8.50. The minimum Gasteiger partial charge on any atom is -0.372 e. The molecule has 1 atom stereocenters. The minimum absolute atomic E-state index is 0.0925. The van der Waals surface area contributed by atoms with E-state index in [1.807, 2.05) is 47.4 Å². The van der Waals surface area contributed by atoms with Crippen LogP contribution in [0.3, 0.4) is 0 Å². The molecule has 6 heteroatoms. The maximum Gasteiger partial charge on any atom is 0.255 e. The van der Waals surface area contributed by atoms with Gasteiger partial charge in [-0.1, -0.05) is 18.2 Å². The number of carbonyl (C=O) groups is 1. The first kappa shape index (κ1) is 19.2. The van der Waals surface area contributed by atoms with E-state index in [9.17, 15) is 4.79 Å². The number of piperazine rings is 1. The molecule has 5 rings (SSSR count). The van der Waals surface area contributed by atoms with Gasteiger partial charge in [0.2, 0.25) is 0 Å². The molecule has 2 aliphatic heterocycles. The number of pyridine rings is 2. The number of para-hydroxylation sites is 1. The standard InChI is InChI=1S/C24H26N4O2/c29-24(28-12-10-27(11-13-28)17-19-6-4-14-30-19)21-15-23(18-5-3-9-25-16-18)26-22-8-2-1-7-20(21)22/h1-3,5,7-9,15-16,19H,4,6,10-14,17H2/p+1/t19-/m0/s1. The first-order valence-electron chi connectivity index (χ1n) is 10.8. The van der Waals surface area contributed by atoms with Crippen molar-refractivity contribution in [1.29, 1.82) is 0 Å². The Hall–Kier alpha value is -2.83. The Morgan fingerprint density at radius 2 is 2.03 bits per heavy atom. The van der Waals surface area contributed by atoms with Crippen LogP contribution in [0.2, 0.25) is 0 Å². The predicted molar refractivity (Wildman–Crippen MR) is 115 cm³/mol. The van der Waals surface area contributed by atoms with Gasteiger partial charge in [0.05, 0.1) is 43.0 Å². The lowest BCUT2D eigenvalue weighted by Gasteiger charge is -2.33. The molecule has 0 bridgehead atoms. The van der Waals surface area contributed by atoms with Gasteiger partial charge in [0, 0.05) is 30.0 Å². The third-order valence-electron chi connectivity index (χ3n) is 6.20. The molecule has 30 heavy (non-hydrogen) atoms. The molecule has 0 spiro atoms. The van der Waals surface area contributed by atoms with Gasteiger partial charge in [-0.3, -0.25) is 9.78 Å². The molecular weight excluding hydrogens is 376 g/mol. The number of benzene rings is 1. The van der Waals surface area contributed by atoms with Crippen molar-refractivity contribution in [2.45, 2.75) is 18.9 Å². The second-order valence-electron chi connectivity index (χ2n) is 8.20. The average molecular weight is 404 g/mol. The highest BCUT2D eigenvalue weighted by atomic mass is 16.5.